The Morgan fingerprint density at radius 2 is 2.12 bits per heavy atom. The normalized spacial score (nSPS) is 20.0. The zero-order valence-electron chi connectivity index (χ0n) is 13.9. The molecule has 1 aliphatic heterocycles. The van der Waals surface area contributed by atoms with E-state index in [1.54, 1.807) is 0 Å². The van der Waals surface area contributed by atoms with Crippen LogP contribution >= 0.6 is 0 Å². The number of carbonyl (C=O) groups excluding carboxylic acids is 1. The number of hydrogen-bond donors (Lipinski definition) is 1. The van der Waals surface area contributed by atoms with Gasteiger partial charge in [0.15, 0.2) is 5.76 Å². The lowest BCUT2D eigenvalue weighted by molar-refractivity contribution is -0.121. The predicted molar refractivity (Wildman–Crippen MR) is 89.8 cm³/mol. The molecule has 0 spiro atoms. The van der Waals surface area contributed by atoms with Crippen molar-refractivity contribution in [2.75, 3.05) is 0 Å². The number of nitrogens with one attached hydrogen (secondary N) is 1. The summed E-state index contributed by atoms with van der Waals surface area (Å²) in [6, 6.07) is 8.22. The zero-order valence-corrected chi connectivity index (χ0v) is 13.9. The van der Waals surface area contributed by atoms with Crippen molar-refractivity contribution in [3.8, 4) is 17.1 Å². The molecule has 5 heteroatoms. The Bertz CT molecular complexity index is 747. The van der Waals surface area contributed by atoms with Crippen LogP contribution in [0, 0.1) is 0 Å². The highest BCUT2D eigenvalue weighted by Crippen LogP contribution is 2.33. The molecule has 5 nitrogen and oxygen atoms in total. The summed E-state index contributed by atoms with van der Waals surface area (Å²) in [5.74, 6) is 1.67. The molecule has 4 rings (SSSR count). The second kappa shape index (κ2) is 6.30. The molecule has 24 heavy (non-hydrogen) atoms. The first kappa shape index (κ1) is 15.2. The molecule has 1 atom stereocenters. The fraction of sp³-hybridized carbons (Fsp3) is 0.474. The van der Waals surface area contributed by atoms with Gasteiger partial charge in [0.2, 0.25) is 5.91 Å². The Morgan fingerprint density at radius 3 is 2.96 bits per heavy atom. The minimum atomic E-state index is 0.0259. The zero-order chi connectivity index (χ0) is 16.5. The molecule has 2 heterocycles. The van der Waals surface area contributed by atoms with E-state index in [0.29, 0.717) is 17.5 Å². The second-order valence-corrected chi connectivity index (χ2v) is 6.86. The van der Waals surface area contributed by atoms with Gasteiger partial charge in [-0.15, -0.1) is 0 Å². The molecule has 1 fully saturated rings. The minimum absolute atomic E-state index is 0.0259. The van der Waals surface area contributed by atoms with Crippen LogP contribution in [0.4, 0.5) is 0 Å². The molecule has 0 radical (unpaired) electrons. The van der Waals surface area contributed by atoms with E-state index < -0.39 is 0 Å². The summed E-state index contributed by atoms with van der Waals surface area (Å²) in [7, 11) is 0. The molecule has 2 aliphatic rings. The highest BCUT2D eigenvalue weighted by Gasteiger charge is 2.21. The van der Waals surface area contributed by atoms with Crippen LogP contribution in [0.25, 0.3) is 11.3 Å². The summed E-state index contributed by atoms with van der Waals surface area (Å²) in [6.45, 7) is 2.06. The molecule has 1 saturated carbocycles. The first-order valence-corrected chi connectivity index (χ1v) is 8.72. The number of hydrogen-bond acceptors (Lipinski definition) is 4. The summed E-state index contributed by atoms with van der Waals surface area (Å²) in [6.07, 6.45) is 6.00. The molecule has 0 unspecified atom stereocenters. The summed E-state index contributed by atoms with van der Waals surface area (Å²) in [5, 5.41) is 7.13. The van der Waals surface area contributed by atoms with Gasteiger partial charge >= 0.3 is 0 Å². The lowest BCUT2D eigenvalue weighted by Crippen LogP contribution is -2.33. The number of rotatable bonds is 4. The first-order chi connectivity index (χ1) is 11.7. The lowest BCUT2D eigenvalue weighted by Gasteiger charge is -2.10. The number of nitrogens with zero attached hydrogens (tertiary/aromatic N) is 1. The monoisotopic (exact) mass is 326 g/mol. The third-order valence-corrected chi connectivity index (χ3v) is 4.80. The maximum atomic E-state index is 12.1. The first-order valence-electron chi connectivity index (χ1n) is 8.72. The molecule has 126 valence electrons. The van der Waals surface area contributed by atoms with Crippen LogP contribution in [0.3, 0.4) is 0 Å². The number of amides is 1. The molecular formula is C19H22N2O3. The Labute approximate surface area is 141 Å². The SMILES string of the molecule is C[C@@H]1Cc2cc(-c3cc(CC(=O)NC4CCCC4)no3)ccc2O1. The molecule has 1 aliphatic carbocycles. The van der Waals surface area contributed by atoms with Gasteiger partial charge in [0.05, 0.1) is 12.1 Å². The van der Waals surface area contributed by atoms with Gasteiger partial charge in [-0.2, -0.15) is 0 Å². The Hall–Kier alpha value is -2.30. The average molecular weight is 326 g/mol. The lowest BCUT2D eigenvalue weighted by atomic mass is 10.1. The van der Waals surface area contributed by atoms with Crippen molar-refractivity contribution in [1.29, 1.82) is 0 Å². The van der Waals surface area contributed by atoms with Gasteiger partial charge in [0.1, 0.15) is 11.9 Å². The molecule has 0 bridgehead atoms. The van der Waals surface area contributed by atoms with Crippen molar-refractivity contribution in [3.05, 3.63) is 35.5 Å². The molecular weight excluding hydrogens is 304 g/mol. The third kappa shape index (κ3) is 3.16. The van der Waals surface area contributed by atoms with Crippen LogP contribution in [-0.2, 0) is 17.6 Å². The van der Waals surface area contributed by atoms with Gasteiger partial charge in [-0.05, 0) is 43.5 Å². The molecule has 1 N–H and O–H groups in total. The number of fused-ring (bicyclic) bond motifs is 1. The quantitative estimate of drug-likeness (QED) is 0.936. The highest BCUT2D eigenvalue weighted by atomic mass is 16.5. The predicted octanol–water partition coefficient (Wildman–Crippen LogP) is 3.27. The summed E-state index contributed by atoms with van der Waals surface area (Å²) in [4.78, 5) is 12.1. The van der Waals surface area contributed by atoms with E-state index in [-0.39, 0.29) is 18.4 Å². The van der Waals surface area contributed by atoms with Gasteiger partial charge in [0.25, 0.3) is 0 Å². The Morgan fingerprint density at radius 1 is 1.29 bits per heavy atom. The van der Waals surface area contributed by atoms with Gasteiger partial charge in [-0.3, -0.25) is 4.79 Å². The van der Waals surface area contributed by atoms with Crippen LogP contribution in [0.5, 0.6) is 5.75 Å². The highest BCUT2D eigenvalue weighted by molar-refractivity contribution is 5.78. The van der Waals surface area contributed by atoms with Crippen molar-refractivity contribution in [1.82, 2.24) is 10.5 Å². The van der Waals surface area contributed by atoms with Gasteiger partial charge in [-0.25, -0.2) is 0 Å². The summed E-state index contributed by atoms with van der Waals surface area (Å²) in [5.41, 5.74) is 2.84. The van der Waals surface area contributed by atoms with Crippen molar-refractivity contribution >= 4 is 5.91 Å². The van der Waals surface area contributed by atoms with E-state index in [9.17, 15) is 4.79 Å². The van der Waals surface area contributed by atoms with Crippen molar-refractivity contribution < 1.29 is 14.1 Å². The van der Waals surface area contributed by atoms with Gasteiger partial charge < -0.3 is 14.6 Å². The van der Waals surface area contributed by atoms with Crippen LogP contribution in [0.2, 0.25) is 0 Å². The number of aromatic nitrogens is 1. The van der Waals surface area contributed by atoms with Crippen molar-refractivity contribution in [3.63, 3.8) is 0 Å². The number of carbonyl (C=O) groups is 1. The maximum absolute atomic E-state index is 12.1. The van der Waals surface area contributed by atoms with E-state index in [1.165, 1.54) is 18.4 Å². The van der Waals surface area contributed by atoms with Crippen molar-refractivity contribution in [2.45, 2.75) is 57.6 Å². The van der Waals surface area contributed by atoms with E-state index >= 15 is 0 Å². The van der Waals surface area contributed by atoms with Crippen LogP contribution in [0.15, 0.2) is 28.8 Å². The largest absolute Gasteiger partial charge is 0.490 e. The fourth-order valence-corrected chi connectivity index (χ4v) is 3.62. The second-order valence-electron chi connectivity index (χ2n) is 6.86. The molecule has 1 aromatic heterocycles. The Balaban J connectivity index is 1.43. The smallest absolute Gasteiger partial charge is 0.226 e. The van der Waals surface area contributed by atoms with Crippen molar-refractivity contribution in [2.24, 2.45) is 0 Å². The van der Waals surface area contributed by atoms with Crippen LogP contribution in [0.1, 0.15) is 43.9 Å². The van der Waals surface area contributed by atoms with Gasteiger partial charge in [0, 0.05) is 24.1 Å². The van der Waals surface area contributed by atoms with E-state index in [0.717, 1.165) is 30.6 Å². The number of ether oxygens (including phenoxy) is 1. The Kier molecular flexibility index (Phi) is 4.00. The average Bonchev–Trinajstić information content (AvgIpc) is 3.26. The molecule has 1 aromatic carbocycles. The molecule has 1 amide bonds. The van der Waals surface area contributed by atoms with E-state index in [2.05, 4.69) is 23.5 Å². The standard InChI is InChI=1S/C19H22N2O3/c1-12-8-14-9-13(6-7-17(14)23-12)18-10-16(21-24-18)11-19(22)20-15-4-2-3-5-15/h6-7,9-10,12,15H,2-5,8,11H2,1H3,(H,20,22)/t12-/m1/s1. The summed E-state index contributed by atoms with van der Waals surface area (Å²) >= 11 is 0. The topological polar surface area (TPSA) is 64.4 Å². The molecule has 2 aromatic rings. The minimum Gasteiger partial charge on any atom is -0.490 e. The van der Waals surface area contributed by atoms with Crippen LogP contribution < -0.4 is 10.1 Å². The van der Waals surface area contributed by atoms with E-state index in [4.69, 9.17) is 9.26 Å². The summed E-state index contributed by atoms with van der Waals surface area (Å²) < 4.78 is 11.2. The van der Waals surface area contributed by atoms with E-state index in [1.807, 2.05) is 18.2 Å². The maximum Gasteiger partial charge on any atom is 0.226 e. The third-order valence-electron chi connectivity index (χ3n) is 4.80. The van der Waals surface area contributed by atoms with Gasteiger partial charge in [-0.1, -0.05) is 18.0 Å². The fourth-order valence-electron chi connectivity index (χ4n) is 3.62. The number of benzene rings is 1. The molecule has 0 saturated heterocycles. The van der Waals surface area contributed by atoms with Crippen LogP contribution in [-0.4, -0.2) is 23.2 Å².